The predicted molar refractivity (Wildman–Crippen MR) is 116 cm³/mol. The van der Waals surface area contributed by atoms with E-state index in [0.717, 1.165) is 24.0 Å². The zero-order valence-corrected chi connectivity index (χ0v) is 18.3. The first-order chi connectivity index (χ1) is 15.4. The molecule has 9 heteroatoms. The topological polar surface area (TPSA) is 108 Å². The van der Waals surface area contributed by atoms with Crippen molar-refractivity contribution in [2.24, 2.45) is 0 Å². The van der Waals surface area contributed by atoms with Crippen LogP contribution in [0.2, 0.25) is 0 Å². The number of unbranched alkanes of at least 4 members (excludes halogenated alkanes) is 1. The van der Waals surface area contributed by atoms with Gasteiger partial charge in [-0.2, -0.15) is 0 Å². The number of rotatable bonds is 8. The van der Waals surface area contributed by atoms with Crippen LogP contribution in [0.1, 0.15) is 41.3 Å². The number of hydrogen-bond donors (Lipinski definition) is 0. The quantitative estimate of drug-likeness (QED) is 0.266. The molecule has 2 aromatic carbocycles. The third kappa shape index (κ3) is 4.66. The summed E-state index contributed by atoms with van der Waals surface area (Å²) in [6.07, 6.45) is 1.93. The molecule has 1 amide bonds. The number of carbonyl (C=O) groups is 2. The summed E-state index contributed by atoms with van der Waals surface area (Å²) in [5, 5.41) is 11.8. The molecule has 0 aliphatic carbocycles. The first kappa shape index (κ1) is 23.1. The number of methoxy groups -OCH3 is 2. The molecule has 170 valence electrons. The number of ether oxygens (including phenoxy) is 3. The van der Waals surface area contributed by atoms with Crippen LogP contribution in [-0.2, 0) is 22.5 Å². The van der Waals surface area contributed by atoms with Crippen LogP contribution < -0.4 is 9.47 Å². The maximum absolute atomic E-state index is 13.5. The monoisotopic (exact) mass is 442 g/mol. The van der Waals surface area contributed by atoms with Crippen molar-refractivity contribution in [1.29, 1.82) is 0 Å². The molecule has 1 atom stereocenters. The summed E-state index contributed by atoms with van der Waals surface area (Å²) in [4.78, 5) is 38.5. The molecule has 32 heavy (non-hydrogen) atoms. The van der Waals surface area contributed by atoms with Crippen molar-refractivity contribution in [2.75, 3.05) is 20.8 Å². The predicted octanol–water partition coefficient (Wildman–Crippen LogP) is 3.52. The van der Waals surface area contributed by atoms with Crippen LogP contribution in [0.25, 0.3) is 0 Å². The Hall–Kier alpha value is -3.62. The van der Waals surface area contributed by atoms with E-state index in [0.29, 0.717) is 6.61 Å². The van der Waals surface area contributed by atoms with Crippen LogP contribution in [0.4, 0.5) is 5.69 Å². The van der Waals surface area contributed by atoms with E-state index in [1.807, 2.05) is 31.2 Å². The van der Waals surface area contributed by atoms with E-state index in [1.54, 1.807) is 0 Å². The number of nitrogens with zero attached hydrogens (tertiary/aromatic N) is 2. The number of amides is 1. The molecule has 0 fully saturated rings. The third-order valence-corrected chi connectivity index (χ3v) is 5.45. The second-order valence-corrected chi connectivity index (χ2v) is 7.42. The lowest BCUT2D eigenvalue weighted by Crippen LogP contribution is -2.49. The van der Waals surface area contributed by atoms with E-state index < -0.39 is 28.5 Å². The highest BCUT2D eigenvalue weighted by molar-refractivity contribution is 6.01. The molecule has 0 saturated carbocycles. The largest absolute Gasteiger partial charge is 0.493 e. The molecule has 0 unspecified atom stereocenters. The Balaban J connectivity index is 2.04. The number of fused-ring (bicyclic) bond motifs is 1. The lowest BCUT2D eigenvalue weighted by Gasteiger charge is -2.35. The second kappa shape index (κ2) is 10.1. The van der Waals surface area contributed by atoms with Crippen molar-refractivity contribution < 1.29 is 28.7 Å². The smallest absolute Gasteiger partial charge is 0.328 e. The highest BCUT2D eigenvalue weighted by atomic mass is 16.6. The minimum absolute atomic E-state index is 0.128. The second-order valence-electron chi connectivity index (χ2n) is 7.42. The van der Waals surface area contributed by atoms with Gasteiger partial charge in [-0.1, -0.05) is 37.6 Å². The fourth-order valence-corrected chi connectivity index (χ4v) is 3.71. The number of nitro benzene ring substituents is 1. The van der Waals surface area contributed by atoms with Gasteiger partial charge in [0.1, 0.15) is 11.6 Å². The fourth-order valence-electron chi connectivity index (χ4n) is 3.71. The van der Waals surface area contributed by atoms with Crippen LogP contribution in [0.5, 0.6) is 11.5 Å². The normalized spacial score (nSPS) is 15.0. The van der Waals surface area contributed by atoms with E-state index in [9.17, 15) is 19.7 Å². The Morgan fingerprint density at radius 3 is 2.50 bits per heavy atom. The summed E-state index contributed by atoms with van der Waals surface area (Å²) in [7, 11) is 2.65. The molecule has 1 heterocycles. The molecule has 0 radical (unpaired) electrons. The number of hydrogen-bond acceptors (Lipinski definition) is 7. The first-order valence-electron chi connectivity index (χ1n) is 10.4. The van der Waals surface area contributed by atoms with Crippen LogP contribution in [-0.4, -0.2) is 48.6 Å². The number of esters is 1. The Bertz CT molecular complexity index is 1020. The van der Waals surface area contributed by atoms with Crippen molar-refractivity contribution >= 4 is 17.6 Å². The average Bonchev–Trinajstić information content (AvgIpc) is 2.81. The Morgan fingerprint density at radius 1 is 1.16 bits per heavy atom. The van der Waals surface area contributed by atoms with Crippen molar-refractivity contribution in [3.63, 3.8) is 0 Å². The van der Waals surface area contributed by atoms with Crippen LogP contribution >= 0.6 is 0 Å². The molecule has 0 bridgehead atoms. The molecule has 1 aliphatic heterocycles. The third-order valence-electron chi connectivity index (χ3n) is 5.45. The molecule has 9 nitrogen and oxygen atoms in total. The fraction of sp³-hybridized carbons (Fsp3) is 0.391. The number of benzene rings is 2. The molecule has 0 saturated heterocycles. The van der Waals surface area contributed by atoms with Crippen LogP contribution in [0, 0.1) is 10.1 Å². The molecule has 0 N–H and O–H groups in total. The molecule has 3 rings (SSSR count). The van der Waals surface area contributed by atoms with Crippen LogP contribution in [0.3, 0.4) is 0 Å². The van der Waals surface area contributed by atoms with Gasteiger partial charge in [0, 0.05) is 19.0 Å². The van der Waals surface area contributed by atoms with E-state index in [-0.39, 0.29) is 30.0 Å². The highest BCUT2D eigenvalue weighted by Gasteiger charge is 2.38. The molecular formula is C23H26N2O7. The van der Waals surface area contributed by atoms with Crippen molar-refractivity contribution in [3.8, 4) is 11.5 Å². The van der Waals surface area contributed by atoms with E-state index >= 15 is 0 Å². The van der Waals surface area contributed by atoms with Gasteiger partial charge in [0.2, 0.25) is 0 Å². The lowest BCUT2D eigenvalue weighted by molar-refractivity contribution is -0.385. The summed E-state index contributed by atoms with van der Waals surface area (Å²) in [5.41, 5.74) is 1.21. The molecule has 0 spiro atoms. The molecule has 0 aromatic heterocycles. The summed E-state index contributed by atoms with van der Waals surface area (Å²) in [6.45, 7) is 2.49. The minimum atomic E-state index is -0.895. The van der Waals surface area contributed by atoms with Crippen molar-refractivity contribution in [1.82, 2.24) is 4.90 Å². The van der Waals surface area contributed by atoms with E-state index in [4.69, 9.17) is 14.2 Å². The molecule has 1 aliphatic rings. The molecular weight excluding hydrogens is 416 g/mol. The van der Waals surface area contributed by atoms with Crippen molar-refractivity contribution in [3.05, 3.63) is 63.2 Å². The zero-order valence-electron chi connectivity index (χ0n) is 18.3. The summed E-state index contributed by atoms with van der Waals surface area (Å²) < 4.78 is 15.9. The summed E-state index contributed by atoms with van der Waals surface area (Å²) >= 11 is 0. The SMILES string of the molecule is CCCCOc1cc([N+](=O)[O-])c(C(=O)N2Cc3ccccc3C[C@H]2C(=O)OC)cc1OC. The average molecular weight is 442 g/mol. The molecule has 2 aromatic rings. The number of carbonyl (C=O) groups excluding carboxylic acids is 2. The van der Waals surface area contributed by atoms with Gasteiger partial charge in [-0.25, -0.2) is 4.79 Å². The van der Waals surface area contributed by atoms with Gasteiger partial charge in [0.25, 0.3) is 11.6 Å². The first-order valence-corrected chi connectivity index (χ1v) is 10.4. The van der Waals surface area contributed by atoms with E-state index in [2.05, 4.69) is 0 Å². The Kier molecular flexibility index (Phi) is 7.29. The zero-order chi connectivity index (χ0) is 23.3. The minimum Gasteiger partial charge on any atom is -0.493 e. The highest BCUT2D eigenvalue weighted by Crippen LogP contribution is 2.37. The van der Waals surface area contributed by atoms with Gasteiger partial charge >= 0.3 is 5.97 Å². The van der Waals surface area contributed by atoms with Crippen molar-refractivity contribution in [2.45, 2.75) is 38.8 Å². The standard InChI is InChI=1S/C23H26N2O7/c1-4-5-10-32-21-13-18(25(28)29)17(12-20(21)30-2)22(26)24-14-16-9-7-6-8-15(16)11-19(24)23(27)31-3/h6-9,12-13,19H,4-5,10-11,14H2,1-3H3/t19-/m0/s1. The van der Waals surface area contributed by atoms with Gasteiger partial charge in [-0.05, 0) is 17.5 Å². The maximum atomic E-state index is 13.5. The lowest BCUT2D eigenvalue weighted by atomic mass is 9.93. The van der Waals surface area contributed by atoms with Gasteiger partial charge in [0.15, 0.2) is 11.5 Å². The summed E-state index contributed by atoms with van der Waals surface area (Å²) in [6, 6.07) is 9.06. The maximum Gasteiger partial charge on any atom is 0.328 e. The van der Waals surface area contributed by atoms with Gasteiger partial charge in [-0.3, -0.25) is 14.9 Å². The van der Waals surface area contributed by atoms with Crippen LogP contribution in [0.15, 0.2) is 36.4 Å². The Labute approximate surface area is 186 Å². The Morgan fingerprint density at radius 2 is 1.88 bits per heavy atom. The van der Waals surface area contributed by atoms with Gasteiger partial charge in [0.05, 0.1) is 31.8 Å². The summed E-state index contributed by atoms with van der Waals surface area (Å²) in [5.74, 6) is -0.832. The van der Waals surface area contributed by atoms with Gasteiger partial charge in [-0.15, -0.1) is 0 Å². The van der Waals surface area contributed by atoms with Gasteiger partial charge < -0.3 is 19.1 Å². The number of nitro groups is 1. The van der Waals surface area contributed by atoms with E-state index in [1.165, 1.54) is 31.3 Å².